The average molecular weight is 390 g/mol. The van der Waals surface area contributed by atoms with E-state index >= 15 is 4.39 Å². The first-order valence-electron chi connectivity index (χ1n) is 9.86. The van der Waals surface area contributed by atoms with E-state index in [1.807, 2.05) is 6.92 Å². The molecule has 1 unspecified atom stereocenters. The van der Waals surface area contributed by atoms with Crippen LogP contribution >= 0.6 is 0 Å². The molecule has 152 valence electrons. The molecule has 0 bridgehead atoms. The summed E-state index contributed by atoms with van der Waals surface area (Å²) in [6, 6.07) is 0. The van der Waals surface area contributed by atoms with Crippen molar-refractivity contribution < 1.29 is 29.3 Å². The summed E-state index contributed by atoms with van der Waals surface area (Å²) in [5.41, 5.74) is -3.01. The van der Waals surface area contributed by atoms with Crippen LogP contribution in [-0.2, 0) is 9.59 Å². The molecule has 4 aliphatic carbocycles. The molecule has 2 saturated carbocycles. The fourth-order valence-electron chi connectivity index (χ4n) is 6.80. The first kappa shape index (κ1) is 19.7. The Morgan fingerprint density at radius 3 is 2.71 bits per heavy atom. The summed E-state index contributed by atoms with van der Waals surface area (Å²) in [7, 11) is 0. The van der Waals surface area contributed by atoms with E-state index in [1.165, 1.54) is 12.2 Å². The van der Waals surface area contributed by atoms with E-state index in [0.717, 1.165) is 0 Å². The fraction of sp³-hybridized carbons (Fsp3) is 0.636. The molecule has 4 aliphatic rings. The smallest absolute Gasteiger partial charge is 0.194 e. The van der Waals surface area contributed by atoms with Crippen LogP contribution in [0.3, 0.4) is 0 Å². The van der Waals surface area contributed by atoms with E-state index in [1.54, 1.807) is 6.92 Å². The van der Waals surface area contributed by atoms with Crippen LogP contribution in [0, 0.1) is 28.6 Å². The second-order valence-corrected chi connectivity index (χ2v) is 9.45. The predicted octanol–water partition coefficient (Wildman–Crippen LogP) is 2.02. The molecule has 6 heteroatoms. The van der Waals surface area contributed by atoms with Gasteiger partial charge in [0.15, 0.2) is 17.2 Å². The van der Waals surface area contributed by atoms with Gasteiger partial charge in [-0.2, -0.15) is 0 Å². The van der Waals surface area contributed by atoms with Gasteiger partial charge in [-0.3, -0.25) is 9.59 Å². The second kappa shape index (κ2) is 5.94. The Labute approximate surface area is 163 Å². The zero-order chi connectivity index (χ0) is 20.6. The number of rotatable bonds is 2. The van der Waals surface area contributed by atoms with Crippen molar-refractivity contribution in [3.05, 3.63) is 35.7 Å². The van der Waals surface area contributed by atoms with Crippen LogP contribution in [-0.4, -0.2) is 45.2 Å². The minimum absolute atomic E-state index is 0.109. The van der Waals surface area contributed by atoms with Gasteiger partial charge in [0.25, 0.3) is 0 Å². The minimum Gasteiger partial charge on any atom is -0.393 e. The van der Waals surface area contributed by atoms with Crippen molar-refractivity contribution >= 4 is 11.6 Å². The van der Waals surface area contributed by atoms with Gasteiger partial charge in [-0.15, -0.1) is 0 Å². The number of aliphatic hydroxyl groups excluding tert-OH is 2. The van der Waals surface area contributed by atoms with E-state index < -0.39 is 46.7 Å². The monoisotopic (exact) mass is 390 g/mol. The van der Waals surface area contributed by atoms with Crippen LogP contribution in [0.5, 0.6) is 0 Å². The molecule has 0 amide bonds. The second-order valence-electron chi connectivity index (χ2n) is 9.45. The topological polar surface area (TPSA) is 94.8 Å². The summed E-state index contributed by atoms with van der Waals surface area (Å²) in [6.45, 7) is 6.71. The van der Waals surface area contributed by atoms with Gasteiger partial charge in [0.05, 0.1) is 6.10 Å². The van der Waals surface area contributed by atoms with Crippen LogP contribution in [0.15, 0.2) is 35.7 Å². The van der Waals surface area contributed by atoms with E-state index in [-0.39, 0.29) is 24.0 Å². The van der Waals surface area contributed by atoms with Crippen LogP contribution in [0.4, 0.5) is 4.39 Å². The third-order valence-electron chi connectivity index (χ3n) is 8.24. The average Bonchev–Trinajstić information content (AvgIpc) is 2.83. The quantitative estimate of drug-likeness (QED) is 0.627. The van der Waals surface area contributed by atoms with Gasteiger partial charge < -0.3 is 15.3 Å². The predicted molar refractivity (Wildman–Crippen MR) is 99.6 cm³/mol. The standard InChI is InChI=1S/C22H27FO5/c1-11-6-14-13-8-16(23)15-7-12(25)4-5-20(15,2)19(13)17(26)9-21(14,3)22(11,28)18(27)10-24/h7-8,13-14,17,19,24,26,28H,1,4-6,9-10H2,2-3H3/t13-,14-,17?,19+,20-,21-,22-/m0/s1. The lowest BCUT2D eigenvalue weighted by atomic mass is 9.47. The molecule has 0 aromatic carbocycles. The number of fused-ring (bicyclic) bond motifs is 5. The Morgan fingerprint density at radius 2 is 2.07 bits per heavy atom. The van der Waals surface area contributed by atoms with Crippen LogP contribution in [0.2, 0.25) is 0 Å². The van der Waals surface area contributed by atoms with Crippen molar-refractivity contribution in [2.75, 3.05) is 6.61 Å². The number of ketones is 2. The highest BCUT2D eigenvalue weighted by molar-refractivity contribution is 5.93. The number of carbonyl (C=O) groups excluding carboxylic acids is 2. The van der Waals surface area contributed by atoms with Gasteiger partial charge in [0.1, 0.15) is 12.4 Å². The van der Waals surface area contributed by atoms with Crippen LogP contribution < -0.4 is 0 Å². The number of carbonyl (C=O) groups is 2. The molecule has 2 fully saturated rings. The molecule has 3 N–H and O–H groups in total. The van der Waals surface area contributed by atoms with Gasteiger partial charge in [0.2, 0.25) is 0 Å². The Hall–Kier alpha value is -1.63. The molecule has 0 saturated heterocycles. The largest absolute Gasteiger partial charge is 0.393 e. The van der Waals surface area contributed by atoms with Crippen molar-refractivity contribution in [2.24, 2.45) is 28.6 Å². The number of hydrogen-bond acceptors (Lipinski definition) is 5. The lowest BCUT2D eigenvalue weighted by Gasteiger charge is -2.58. The zero-order valence-electron chi connectivity index (χ0n) is 16.2. The van der Waals surface area contributed by atoms with E-state index in [0.29, 0.717) is 30.4 Å². The van der Waals surface area contributed by atoms with Crippen molar-refractivity contribution in [1.82, 2.24) is 0 Å². The normalized spacial score (nSPS) is 47.6. The number of Topliss-reactive ketones (excluding diaryl/α,β-unsaturated/α-hetero) is 1. The molecule has 0 aromatic heterocycles. The first-order chi connectivity index (χ1) is 13.0. The molecule has 4 rings (SSSR count). The van der Waals surface area contributed by atoms with Crippen molar-refractivity contribution in [1.29, 1.82) is 0 Å². The molecular weight excluding hydrogens is 363 g/mol. The maximum Gasteiger partial charge on any atom is 0.194 e. The Kier molecular flexibility index (Phi) is 4.17. The molecule has 5 nitrogen and oxygen atoms in total. The molecule has 28 heavy (non-hydrogen) atoms. The maximum absolute atomic E-state index is 15.1. The third-order valence-corrected chi connectivity index (χ3v) is 8.24. The molecule has 0 heterocycles. The lowest BCUT2D eigenvalue weighted by Crippen LogP contribution is -2.61. The summed E-state index contributed by atoms with van der Waals surface area (Å²) in [4.78, 5) is 24.4. The van der Waals surface area contributed by atoms with Crippen LogP contribution in [0.25, 0.3) is 0 Å². The molecule has 0 aromatic rings. The van der Waals surface area contributed by atoms with Gasteiger partial charge in [-0.05, 0) is 54.4 Å². The fourth-order valence-corrected chi connectivity index (χ4v) is 6.80. The number of hydrogen-bond donors (Lipinski definition) is 3. The Morgan fingerprint density at radius 1 is 1.39 bits per heavy atom. The highest BCUT2D eigenvalue weighted by atomic mass is 19.1. The summed E-state index contributed by atoms with van der Waals surface area (Å²) < 4.78 is 15.1. The summed E-state index contributed by atoms with van der Waals surface area (Å²) in [5.74, 6) is -2.31. The first-order valence-corrected chi connectivity index (χ1v) is 9.86. The molecule has 0 aliphatic heterocycles. The summed E-state index contributed by atoms with van der Waals surface area (Å²) >= 11 is 0. The van der Waals surface area contributed by atoms with Crippen molar-refractivity contribution in [3.63, 3.8) is 0 Å². The number of halogens is 1. The number of allylic oxidation sites excluding steroid dienone is 4. The van der Waals surface area contributed by atoms with E-state index in [9.17, 15) is 24.9 Å². The highest BCUT2D eigenvalue weighted by Crippen LogP contribution is 2.68. The Balaban J connectivity index is 1.87. The number of aliphatic hydroxyl groups is 3. The third kappa shape index (κ3) is 2.17. The highest BCUT2D eigenvalue weighted by Gasteiger charge is 2.69. The lowest BCUT2D eigenvalue weighted by molar-refractivity contribution is -0.169. The molecular formula is C22H27FO5. The Bertz CT molecular complexity index is 844. The molecule has 7 atom stereocenters. The zero-order valence-corrected chi connectivity index (χ0v) is 16.2. The van der Waals surface area contributed by atoms with Gasteiger partial charge in [-0.25, -0.2) is 4.39 Å². The minimum atomic E-state index is -1.94. The molecule has 0 spiro atoms. The van der Waals surface area contributed by atoms with Crippen molar-refractivity contribution in [2.45, 2.75) is 51.2 Å². The maximum atomic E-state index is 15.1. The van der Waals surface area contributed by atoms with Gasteiger partial charge in [0, 0.05) is 23.2 Å². The van der Waals surface area contributed by atoms with Gasteiger partial charge >= 0.3 is 0 Å². The summed E-state index contributed by atoms with van der Waals surface area (Å²) in [5, 5.41) is 31.9. The van der Waals surface area contributed by atoms with Crippen molar-refractivity contribution in [3.8, 4) is 0 Å². The SMILES string of the molecule is C=C1C[C@H]2[C@@H]3C=C(F)C4=CC(=O)CC[C@]4(C)[C@H]3C(O)C[C@]2(C)[C@@]1(O)C(=O)CO. The van der Waals surface area contributed by atoms with E-state index in [4.69, 9.17) is 0 Å². The van der Waals surface area contributed by atoms with Crippen LogP contribution in [0.1, 0.15) is 39.5 Å². The summed E-state index contributed by atoms with van der Waals surface area (Å²) in [6.07, 6.45) is 3.18. The molecule has 0 radical (unpaired) electrons. The van der Waals surface area contributed by atoms with Gasteiger partial charge in [-0.1, -0.05) is 20.4 Å². The van der Waals surface area contributed by atoms with E-state index in [2.05, 4.69) is 6.58 Å².